The minimum Gasteiger partial charge on any atom is -0.483 e. The minimum absolute atomic E-state index is 0. The van der Waals surface area contributed by atoms with E-state index in [0.29, 0.717) is 17.4 Å². The van der Waals surface area contributed by atoms with Crippen LogP contribution in [0.15, 0.2) is 77.9 Å². The number of anilines is 1. The van der Waals surface area contributed by atoms with Crippen molar-refractivity contribution >= 4 is 53.0 Å². The maximum atomic E-state index is 12.5. The highest BCUT2D eigenvalue weighted by atomic mass is 35.5. The van der Waals surface area contributed by atoms with E-state index in [1.807, 2.05) is 67.0 Å². The largest absolute Gasteiger partial charge is 0.483 e. The molecule has 1 N–H and O–H groups in total. The van der Waals surface area contributed by atoms with Gasteiger partial charge < -0.3 is 14.6 Å². The second-order valence-electron chi connectivity index (χ2n) is 8.64. The van der Waals surface area contributed by atoms with Crippen molar-refractivity contribution in [1.29, 1.82) is 0 Å². The van der Waals surface area contributed by atoms with E-state index < -0.39 is 0 Å². The van der Waals surface area contributed by atoms with E-state index in [1.165, 1.54) is 0 Å². The van der Waals surface area contributed by atoms with Crippen LogP contribution in [0.25, 0.3) is 10.9 Å². The molecule has 0 atom stereocenters. The molecular formula is C29H34Cl3N3O2. The number of unbranched alkanes of at least 4 members (excludes halogenated alkanes) is 3. The Hall–Kier alpha value is -2.73. The number of aromatic nitrogens is 2. The van der Waals surface area contributed by atoms with Crippen molar-refractivity contribution < 1.29 is 4.74 Å². The molecule has 5 nitrogen and oxygen atoms in total. The van der Waals surface area contributed by atoms with Crippen LogP contribution in [-0.4, -0.2) is 16.1 Å². The molecule has 0 aliphatic heterocycles. The number of halogens is 3. The first kappa shape index (κ1) is 30.5. The predicted molar refractivity (Wildman–Crippen MR) is 159 cm³/mol. The Balaban J connectivity index is 0.00000241. The molecule has 2 aromatic carbocycles. The van der Waals surface area contributed by atoms with Gasteiger partial charge in [0.15, 0.2) is 5.75 Å². The van der Waals surface area contributed by atoms with E-state index in [0.717, 1.165) is 73.0 Å². The number of nitrogens with zero attached hydrogens (tertiary/aromatic N) is 2. The van der Waals surface area contributed by atoms with Gasteiger partial charge in [0.1, 0.15) is 6.61 Å². The molecule has 0 aliphatic rings. The average molecular weight is 563 g/mol. The van der Waals surface area contributed by atoms with E-state index in [9.17, 15) is 4.79 Å². The molecule has 2 aromatic heterocycles. The number of aryl methyl sites for hydroxylation is 1. The quantitative estimate of drug-likeness (QED) is 0.180. The number of hydrogen-bond acceptors (Lipinski definition) is 4. The molecule has 0 bridgehead atoms. The van der Waals surface area contributed by atoms with Gasteiger partial charge >= 0.3 is 0 Å². The number of fused-ring (bicyclic) bond motifs is 1. The Morgan fingerprint density at radius 2 is 1.76 bits per heavy atom. The molecular weight excluding hydrogens is 529 g/mol. The lowest BCUT2D eigenvalue weighted by molar-refractivity contribution is 0.295. The van der Waals surface area contributed by atoms with E-state index >= 15 is 0 Å². The van der Waals surface area contributed by atoms with Gasteiger partial charge in [-0.3, -0.25) is 9.78 Å². The number of rotatable bonds is 12. The van der Waals surface area contributed by atoms with Crippen LogP contribution in [-0.2, 0) is 19.6 Å². The van der Waals surface area contributed by atoms with Crippen LogP contribution in [0.4, 0.5) is 5.69 Å². The van der Waals surface area contributed by atoms with Crippen LogP contribution in [0.2, 0.25) is 5.02 Å². The first-order valence-electron chi connectivity index (χ1n) is 12.3. The van der Waals surface area contributed by atoms with Gasteiger partial charge in [-0.25, -0.2) is 0 Å². The van der Waals surface area contributed by atoms with Crippen LogP contribution >= 0.6 is 36.4 Å². The molecule has 198 valence electrons. The van der Waals surface area contributed by atoms with Crippen LogP contribution in [0.1, 0.15) is 43.9 Å². The zero-order chi connectivity index (χ0) is 24.5. The van der Waals surface area contributed by atoms with Crippen molar-refractivity contribution in [2.75, 3.05) is 11.9 Å². The van der Waals surface area contributed by atoms with Gasteiger partial charge in [-0.1, -0.05) is 61.7 Å². The lowest BCUT2D eigenvalue weighted by atomic mass is 10.1. The highest BCUT2D eigenvalue weighted by molar-refractivity contribution is 6.31. The molecule has 0 unspecified atom stereocenters. The van der Waals surface area contributed by atoms with Gasteiger partial charge in [0, 0.05) is 47.6 Å². The molecule has 8 heteroatoms. The Morgan fingerprint density at radius 1 is 0.973 bits per heavy atom. The molecule has 0 fully saturated rings. The number of hydrogen-bond donors (Lipinski definition) is 1. The molecule has 4 rings (SSSR count). The maximum Gasteiger partial charge on any atom is 0.223 e. The molecule has 0 spiro atoms. The topological polar surface area (TPSA) is 56.1 Å². The SMILES string of the molecule is CCc1c(OCc2ccccc2)c(=O)ccn1CCCCCCNc1ccnc2cc(Cl)ccc12.Cl.Cl. The first-order chi connectivity index (χ1) is 17.2. The zero-order valence-electron chi connectivity index (χ0n) is 21.0. The van der Waals surface area contributed by atoms with Crippen LogP contribution < -0.4 is 15.5 Å². The predicted octanol–water partition coefficient (Wildman–Crippen LogP) is 7.71. The fourth-order valence-electron chi connectivity index (χ4n) is 4.31. The third kappa shape index (κ3) is 8.39. The molecule has 0 saturated carbocycles. The van der Waals surface area contributed by atoms with Crippen molar-refractivity contribution in [1.82, 2.24) is 9.55 Å². The second kappa shape index (κ2) is 15.5. The van der Waals surface area contributed by atoms with Gasteiger partial charge in [-0.2, -0.15) is 0 Å². The Bertz CT molecular complexity index is 1310. The minimum atomic E-state index is -0.0500. The summed E-state index contributed by atoms with van der Waals surface area (Å²) < 4.78 is 8.15. The summed E-state index contributed by atoms with van der Waals surface area (Å²) in [6.45, 7) is 4.27. The molecule has 0 radical (unpaired) electrons. The summed E-state index contributed by atoms with van der Waals surface area (Å²) in [6.07, 6.45) is 8.89. The normalized spacial score (nSPS) is 10.4. The lowest BCUT2D eigenvalue weighted by Crippen LogP contribution is -2.16. The fraction of sp³-hybridized carbons (Fsp3) is 0.310. The third-order valence-corrected chi connectivity index (χ3v) is 6.38. The first-order valence-corrected chi connectivity index (χ1v) is 12.7. The molecule has 0 saturated heterocycles. The van der Waals surface area contributed by atoms with Gasteiger partial charge in [0.2, 0.25) is 5.43 Å². The van der Waals surface area contributed by atoms with Crippen molar-refractivity contribution in [2.24, 2.45) is 0 Å². The number of benzene rings is 2. The van der Waals surface area contributed by atoms with E-state index in [-0.39, 0.29) is 30.2 Å². The van der Waals surface area contributed by atoms with Gasteiger partial charge in [-0.05, 0) is 49.1 Å². The van der Waals surface area contributed by atoms with Crippen molar-refractivity contribution in [3.63, 3.8) is 0 Å². The maximum absolute atomic E-state index is 12.5. The van der Waals surface area contributed by atoms with Gasteiger partial charge in [-0.15, -0.1) is 24.8 Å². The Morgan fingerprint density at radius 3 is 2.54 bits per heavy atom. The number of pyridine rings is 2. The molecule has 0 aliphatic carbocycles. The fourth-order valence-corrected chi connectivity index (χ4v) is 4.48. The second-order valence-corrected chi connectivity index (χ2v) is 9.07. The summed E-state index contributed by atoms with van der Waals surface area (Å²) in [5.41, 5.74) is 3.98. The summed E-state index contributed by atoms with van der Waals surface area (Å²) in [7, 11) is 0. The smallest absolute Gasteiger partial charge is 0.223 e. The van der Waals surface area contributed by atoms with Crippen molar-refractivity contribution in [3.8, 4) is 5.75 Å². The van der Waals surface area contributed by atoms with Crippen molar-refractivity contribution in [3.05, 3.63) is 99.6 Å². The summed E-state index contributed by atoms with van der Waals surface area (Å²) >= 11 is 6.08. The summed E-state index contributed by atoms with van der Waals surface area (Å²) in [5, 5.41) is 5.33. The Labute approximate surface area is 236 Å². The van der Waals surface area contributed by atoms with Gasteiger partial charge in [0.25, 0.3) is 0 Å². The zero-order valence-corrected chi connectivity index (χ0v) is 23.4. The third-order valence-electron chi connectivity index (χ3n) is 6.15. The van der Waals surface area contributed by atoms with Gasteiger partial charge in [0.05, 0.1) is 11.2 Å². The van der Waals surface area contributed by atoms with E-state index in [1.54, 1.807) is 6.07 Å². The highest BCUT2D eigenvalue weighted by Gasteiger charge is 2.11. The highest BCUT2D eigenvalue weighted by Crippen LogP contribution is 2.24. The average Bonchev–Trinajstić information content (AvgIpc) is 2.88. The summed E-state index contributed by atoms with van der Waals surface area (Å²) in [5.74, 6) is 0.480. The summed E-state index contributed by atoms with van der Waals surface area (Å²) in [4.78, 5) is 16.9. The molecule has 4 aromatic rings. The monoisotopic (exact) mass is 561 g/mol. The van der Waals surface area contributed by atoms with Crippen LogP contribution in [0.3, 0.4) is 0 Å². The molecule has 2 heterocycles. The van der Waals surface area contributed by atoms with Crippen LogP contribution in [0, 0.1) is 0 Å². The van der Waals surface area contributed by atoms with Crippen LogP contribution in [0.5, 0.6) is 5.75 Å². The van der Waals surface area contributed by atoms with E-state index in [2.05, 4.69) is 21.8 Å². The number of nitrogens with one attached hydrogen (secondary N) is 1. The molecule has 0 amide bonds. The standard InChI is InChI=1S/C29H32ClN3O2.2ClH/c1-2-27-29(35-21-22-10-6-5-7-11-22)28(34)15-19-33(27)18-9-4-3-8-16-31-25-14-17-32-26-20-23(30)12-13-24(25)26;;/h5-7,10-15,17,19-20H,2-4,8-9,16,18,21H2,1H3,(H,31,32);2*1H. The lowest BCUT2D eigenvalue weighted by Gasteiger charge is -2.17. The number of ether oxygens (including phenoxy) is 1. The summed E-state index contributed by atoms with van der Waals surface area (Å²) in [6, 6.07) is 19.4. The Kier molecular flexibility index (Phi) is 12.8. The van der Waals surface area contributed by atoms with Crippen molar-refractivity contribution in [2.45, 2.75) is 52.2 Å². The van der Waals surface area contributed by atoms with E-state index in [4.69, 9.17) is 16.3 Å². The molecule has 37 heavy (non-hydrogen) atoms.